The first-order valence-corrected chi connectivity index (χ1v) is 9.76. The summed E-state index contributed by atoms with van der Waals surface area (Å²) in [6.07, 6.45) is -1.51. The molecule has 13 nitrogen and oxygen atoms in total. The Balaban J connectivity index is 5.13. The molecule has 0 rings (SSSR count). The average molecular weight is 447 g/mol. The number of carboxylic acids is 1. The van der Waals surface area contributed by atoms with E-state index in [4.69, 9.17) is 11.5 Å². The minimum absolute atomic E-state index is 0.0443. The highest BCUT2D eigenvalue weighted by Gasteiger charge is 2.32. The van der Waals surface area contributed by atoms with Gasteiger partial charge in [-0.3, -0.25) is 19.2 Å². The van der Waals surface area contributed by atoms with Gasteiger partial charge in [0.05, 0.1) is 18.8 Å². The number of amides is 4. The van der Waals surface area contributed by atoms with E-state index in [9.17, 15) is 39.3 Å². The van der Waals surface area contributed by atoms with Crippen LogP contribution in [0.5, 0.6) is 0 Å². The first-order valence-electron chi connectivity index (χ1n) is 9.76. The SMILES string of the molecule is CC(C)CC(NC(=O)C(CO)NC(=O)C(NC(=O)C(N)CCC(N)=O)C(C)O)C(=O)O. The van der Waals surface area contributed by atoms with E-state index >= 15 is 0 Å². The molecular weight excluding hydrogens is 414 g/mol. The first kappa shape index (κ1) is 28.2. The van der Waals surface area contributed by atoms with Gasteiger partial charge in [-0.05, 0) is 25.7 Å². The lowest BCUT2D eigenvalue weighted by atomic mass is 10.0. The lowest BCUT2D eigenvalue weighted by Crippen LogP contribution is -2.60. The van der Waals surface area contributed by atoms with Gasteiger partial charge < -0.3 is 42.7 Å². The van der Waals surface area contributed by atoms with Crippen LogP contribution in [0, 0.1) is 5.92 Å². The maximum atomic E-state index is 12.5. The molecule has 5 unspecified atom stereocenters. The van der Waals surface area contributed by atoms with Crippen molar-refractivity contribution in [2.45, 2.75) is 70.3 Å². The molecule has 13 heteroatoms. The summed E-state index contributed by atoms with van der Waals surface area (Å²) in [4.78, 5) is 59.0. The molecule has 0 saturated carbocycles. The number of carboxylic acid groups (broad SMARTS) is 1. The van der Waals surface area contributed by atoms with Gasteiger partial charge in [0.25, 0.3) is 0 Å². The molecule has 0 aliphatic carbocycles. The molecule has 0 bridgehead atoms. The average Bonchev–Trinajstić information content (AvgIpc) is 2.66. The van der Waals surface area contributed by atoms with Crippen molar-refractivity contribution < 1.29 is 39.3 Å². The largest absolute Gasteiger partial charge is 0.480 e. The number of nitrogens with one attached hydrogen (secondary N) is 3. The molecule has 0 radical (unpaired) electrons. The third-order valence-corrected chi connectivity index (χ3v) is 4.24. The zero-order chi connectivity index (χ0) is 24.3. The number of primary amides is 1. The van der Waals surface area contributed by atoms with E-state index in [0.29, 0.717) is 0 Å². The maximum absolute atomic E-state index is 12.5. The molecule has 0 aromatic rings. The second kappa shape index (κ2) is 13.5. The predicted octanol–water partition coefficient (Wildman–Crippen LogP) is -3.46. The molecule has 31 heavy (non-hydrogen) atoms. The molecule has 0 spiro atoms. The van der Waals surface area contributed by atoms with Gasteiger partial charge in [-0.1, -0.05) is 13.8 Å². The van der Waals surface area contributed by atoms with Crippen molar-refractivity contribution in [3.8, 4) is 0 Å². The highest BCUT2D eigenvalue weighted by molar-refractivity contribution is 5.94. The van der Waals surface area contributed by atoms with Gasteiger partial charge in [0.15, 0.2) is 0 Å². The number of nitrogens with two attached hydrogens (primary N) is 2. The third kappa shape index (κ3) is 10.7. The molecule has 0 saturated heterocycles. The van der Waals surface area contributed by atoms with E-state index in [1.807, 2.05) is 0 Å². The fraction of sp³-hybridized carbons (Fsp3) is 0.722. The van der Waals surface area contributed by atoms with Gasteiger partial charge >= 0.3 is 5.97 Å². The van der Waals surface area contributed by atoms with Gasteiger partial charge in [-0.2, -0.15) is 0 Å². The minimum atomic E-state index is -1.53. The fourth-order valence-corrected chi connectivity index (χ4v) is 2.52. The molecule has 0 fully saturated rings. The molecule has 0 aliphatic heterocycles. The Morgan fingerprint density at radius 2 is 1.45 bits per heavy atom. The Labute approximate surface area is 179 Å². The van der Waals surface area contributed by atoms with Gasteiger partial charge in [0, 0.05) is 6.42 Å². The number of hydrogen-bond acceptors (Lipinski definition) is 8. The van der Waals surface area contributed by atoms with Crippen LogP contribution in [-0.4, -0.2) is 81.8 Å². The lowest BCUT2D eigenvalue weighted by Gasteiger charge is -2.26. The highest BCUT2D eigenvalue weighted by atomic mass is 16.4. The molecule has 0 aliphatic rings. The summed E-state index contributed by atoms with van der Waals surface area (Å²) >= 11 is 0. The summed E-state index contributed by atoms with van der Waals surface area (Å²) in [5.74, 6) is -4.77. The summed E-state index contributed by atoms with van der Waals surface area (Å²) in [6, 6.07) is -5.46. The van der Waals surface area contributed by atoms with E-state index in [1.54, 1.807) is 13.8 Å². The standard InChI is InChI=1S/C18H33N5O8/c1-8(2)6-11(18(30)31)21-16(28)12(7-24)22-17(29)14(9(3)25)23-15(27)10(19)4-5-13(20)26/h8-12,14,24-25H,4-7,19H2,1-3H3,(H2,20,26)(H,21,28)(H,22,29)(H,23,27)(H,30,31). The second-order valence-corrected chi connectivity index (χ2v) is 7.61. The quantitative estimate of drug-likeness (QED) is 0.132. The van der Waals surface area contributed by atoms with Gasteiger partial charge in [-0.15, -0.1) is 0 Å². The topological polar surface area (TPSA) is 234 Å². The number of rotatable bonds is 14. The predicted molar refractivity (Wildman–Crippen MR) is 108 cm³/mol. The molecule has 5 atom stereocenters. The molecule has 0 heterocycles. The van der Waals surface area contributed by atoms with Crippen LogP contribution in [0.4, 0.5) is 0 Å². The minimum Gasteiger partial charge on any atom is -0.480 e. The molecule has 10 N–H and O–H groups in total. The number of hydrogen-bond donors (Lipinski definition) is 8. The summed E-state index contributed by atoms with van der Waals surface area (Å²) in [7, 11) is 0. The zero-order valence-corrected chi connectivity index (χ0v) is 17.8. The monoisotopic (exact) mass is 447 g/mol. The van der Waals surface area contributed by atoms with Crippen LogP contribution in [0.1, 0.15) is 40.0 Å². The van der Waals surface area contributed by atoms with Crippen LogP contribution in [0.15, 0.2) is 0 Å². The number of carbonyl (C=O) groups excluding carboxylic acids is 4. The van der Waals surface area contributed by atoms with Gasteiger partial charge in [0.1, 0.15) is 18.1 Å². The molecule has 0 aromatic heterocycles. The summed E-state index contributed by atoms with van der Waals surface area (Å²) < 4.78 is 0. The Morgan fingerprint density at radius 1 is 0.903 bits per heavy atom. The van der Waals surface area contributed by atoms with Gasteiger partial charge in [0.2, 0.25) is 23.6 Å². The zero-order valence-electron chi connectivity index (χ0n) is 17.8. The number of aliphatic hydroxyl groups is 2. The lowest BCUT2D eigenvalue weighted by molar-refractivity contribution is -0.143. The van der Waals surface area contributed by atoms with Crippen LogP contribution in [0.2, 0.25) is 0 Å². The van der Waals surface area contributed by atoms with Crippen LogP contribution in [0.3, 0.4) is 0 Å². The van der Waals surface area contributed by atoms with Crippen molar-refractivity contribution >= 4 is 29.6 Å². The van der Waals surface area contributed by atoms with E-state index in [1.165, 1.54) is 6.92 Å². The van der Waals surface area contributed by atoms with Crippen LogP contribution >= 0.6 is 0 Å². The molecule has 178 valence electrons. The Kier molecular flexibility index (Phi) is 12.3. The van der Waals surface area contributed by atoms with E-state index in [2.05, 4.69) is 16.0 Å². The second-order valence-electron chi connectivity index (χ2n) is 7.61. The highest BCUT2D eigenvalue weighted by Crippen LogP contribution is 2.06. The Hall–Kier alpha value is -2.77. The van der Waals surface area contributed by atoms with Crippen molar-refractivity contribution in [3.05, 3.63) is 0 Å². The van der Waals surface area contributed by atoms with Crippen molar-refractivity contribution in [2.24, 2.45) is 17.4 Å². The third-order valence-electron chi connectivity index (χ3n) is 4.24. The summed E-state index contributed by atoms with van der Waals surface area (Å²) in [5, 5.41) is 35.1. The van der Waals surface area contributed by atoms with E-state index in [-0.39, 0.29) is 25.2 Å². The molecule has 0 aromatic carbocycles. The smallest absolute Gasteiger partial charge is 0.326 e. The van der Waals surface area contributed by atoms with Crippen LogP contribution in [-0.2, 0) is 24.0 Å². The Bertz CT molecular complexity index is 655. The number of aliphatic hydroxyl groups excluding tert-OH is 2. The van der Waals surface area contributed by atoms with Gasteiger partial charge in [-0.25, -0.2) is 4.79 Å². The van der Waals surface area contributed by atoms with Crippen molar-refractivity contribution in [3.63, 3.8) is 0 Å². The van der Waals surface area contributed by atoms with Crippen molar-refractivity contribution in [1.29, 1.82) is 0 Å². The number of carbonyl (C=O) groups is 5. The Morgan fingerprint density at radius 3 is 1.87 bits per heavy atom. The summed E-state index contributed by atoms with van der Waals surface area (Å²) in [5.41, 5.74) is 10.6. The summed E-state index contributed by atoms with van der Waals surface area (Å²) in [6.45, 7) is 3.87. The normalized spacial score (nSPS) is 15.8. The van der Waals surface area contributed by atoms with Crippen LogP contribution in [0.25, 0.3) is 0 Å². The maximum Gasteiger partial charge on any atom is 0.326 e. The molecular formula is C18H33N5O8. The first-order chi connectivity index (χ1) is 14.3. The van der Waals surface area contributed by atoms with E-state index in [0.717, 1.165) is 0 Å². The fourth-order valence-electron chi connectivity index (χ4n) is 2.52. The molecule has 4 amide bonds. The van der Waals surface area contributed by atoms with E-state index < -0.39 is 66.5 Å². The van der Waals surface area contributed by atoms with Crippen molar-refractivity contribution in [2.75, 3.05) is 6.61 Å². The number of aliphatic carboxylic acids is 1. The van der Waals surface area contributed by atoms with Crippen molar-refractivity contribution in [1.82, 2.24) is 16.0 Å². The van der Waals surface area contributed by atoms with Crippen LogP contribution < -0.4 is 27.4 Å².